The first-order valence-electron chi connectivity index (χ1n) is 7.10. The SMILES string of the molecule is CC(C)c1cc(CNC(=O)CCNC(=O)c2cccs2)on1. The summed E-state index contributed by atoms with van der Waals surface area (Å²) in [6.07, 6.45) is 0.224. The van der Waals surface area contributed by atoms with E-state index in [-0.39, 0.29) is 18.2 Å². The average Bonchev–Trinajstić information content (AvgIpc) is 3.16. The van der Waals surface area contributed by atoms with Gasteiger partial charge < -0.3 is 15.2 Å². The standard InChI is InChI=1S/C15H19N3O3S/c1-10(2)12-8-11(21-18-12)9-17-14(19)5-6-16-15(20)13-4-3-7-22-13/h3-4,7-8,10H,5-6,9H2,1-2H3,(H,16,20)(H,17,19). The van der Waals surface area contributed by atoms with Crippen LogP contribution < -0.4 is 10.6 Å². The van der Waals surface area contributed by atoms with Crippen molar-refractivity contribution < 1.29 is 14.1 Å². The van der Waals surface area contributed by atoms with Gasteiger partial charge in [0.1, 0.15) is 0 Å². The summed E-state index contributed by atoms with van der Waals surface area (Å²) in [5.74, 6) is 0.619. The summed E-state index contributed by atoms with van der Waals surface area (Å²) in [6.45, 7) is 4.65. The van der Waals surface area contributed by atoms with Gasteiger partial charge in [0.15, 0.2) is 5.76 Å². The Labute approximate surface area is 132 Å². The Morgan fingerprint density at radius 1 is 1.36 bits per heavy atom. The maximum Gasteiger partial charge on any atom is 0.261 e. The van der Waals surface area contributed by atoms with E-state index < -0.39 is 0 Å². The maximum absolute atomic E-state index is 11.7. The van der Waals surface area contributed by atoms with Crippen LogP contribution in [0.25, 0.3) is 0 Å². The van der Waals surface area contributed by atoms with E-state index in [0.29, 0.717) is 29.6 Å². The molecule has 6 nitrogen and oxygen atoms in total. The molecule has 22 heavy (non-hydrogen) atoms. The Bertz CT molecular complexity index is 620. The van der Waals surface area contributed by atoms with Crippen LogP contribution in [-0.4, -0.2) is 23.5 Å². The Hall–Kier alpha value is -2.15. The fourth-order valence-corrected chi connectivity index (χ4v) is 2.38. The molecule has 0 unspecified atom stereocenters. The maximum atomic E-state index is 11.7. The lowest BCUT2D eigenvalue weighted by Crippen LogP contribution is -2.30. The molecule has 2 rings (SSSR count). The molecule has 0 bridgehead atoms. The molecule has 0 aromatic carbocycles. The molecule has 0 aliphatic heterocycles. The lowest BCUT2D eigenvalue weighted by molar-refractivity contribution is -0.121. The Morgan fingerprint density at radius 2 is 2.18 bits per heavy atom. The third-order valence-electron chi connectivity index (χ3n) is 3.01. The molecule has 0 fully saturated rings. The van der Waals surface area contributed by atoms with Gasteiger partial charge in [-0.3, -0.25) is 9.59 Å². The third kappa shape index (κ3) is 4.70. The predicted molar refractivity (Wildman–Crippen MR) is 83.7 cm³/mol. The van der Waals surface area contributed by atoms with Crippen LogP contribution in [-0.2, 0) is 11.3 Å². The minimum absolute atomic E-state index is 0.144. The van der Waals surface area contributed by atoms with E-state index in [1.165, 1.54) is 11.3 Å². The van der Waals surface area contributed by atoms with E-state index in [2.05, 4.69) is 15.8 Å². The van der Waals surface area contributed by atoms with Crippen molar-refractivity contribution in [3.05, 3.63) is 39.9 Å². The smallest absolute Gasteiger partial charge is 0.261 e. The molecule has 0 saturated heterocycles. The number of hydrogen-bond acceptors (Lipinski definition) is 5. The topological polar surface area (TPSA) is 84.2 Å². The van der Waals surface area contributed by atoms with Gasteiger partial charge >= 0.3 is 0 Å². The van der Waals surface area contributed by atoms with E-state index >= 15 is 0 Å². The highest BCUT2D eigenvalue weighted by Gasteiger charge is 2.10. The highest BCUT2D eigenvalue weighted by Crippen LogP contribution is 2.13. The van der Waals surface area contributed by atoms with Crippen molar-refractivity contribution in [3.63, 3.8) is 0 Å². The summed E-state index contributed by atoms with van der Waals surface area (Å²) < 4.78 is 5.13. The second kappa shape index (κ2) is 7.74. The van der Waals surface area contributed by atoms with Crippen LogP contribution in [0.5, 0.6) is 0 Å². The molecule has 7 heteroatoms. The summed E-state index contributed by atoms with van der Waals surface area (Å²) in [5, 5.41) is 11.2. The number of aromatic nitrogens is 1. The first-order chi connectivity index (χ1) is 10.6. The predicted octanol–water partition coefficient (Wildman–Crippen LogP) is 2.30. The average molecular weight is 321 g/mol. The molecular weight excluding hydrogens is 302 g/mol. The summed E-state index contributed by atoms with van der Waals surface area (Å²) in [5.41, 5.74) is 0.868. The van der Waals surface area contributed by atoms with Crippen LogP contribution >= 0.6 is 11.3 Å². The van der Waals surface area contributed by atoms with Crippen molar-refractivity contribution in [3.8, 4) is 0 Å². The molecule has 0 radical (unpaired) electrons. The Morgan fingerprint density at radius 3 is 2.82 bits per heavy atom. The van der Waals surface area contributed by atoms with Gasteiger partial charge in [-0.25, -0.2) is 0 Å². The minimum Gasteiger partial charge on any atom is -0.359 e. The summed E-state index contributed by atoms with van der Waals surface area (Å²) in [7, 11) is 0. The fraction of sp³-hybridized carbons (Fsp3) is 0.400. The molecule has 2 N–H and O–H groups in total. The van der Waals surface area contributed by atoms with Crippen molar-refractivity contribution in [2.24, 2.45) is 0 Å². The molecule has 2 heterocycles. The number of nitrogens with one attached hydrogen (secondary N) is 2. The number of carbonyl (C=O) groups excluding carboxylic acids is 2. The van der Waals surface area contributed by atoms with Crippen molar-refractivity contribution in [1.29, 1.82) is 0 Å². The molecule has 0 aliphatic rings. The van der Waals surface area contributed by atoms with Crippen molar-refractivity contribution in [2.45, 2.75) is 32.7 Å². The van der Waals surface area contributed by atoms with E-state index in [1.807, 2.05) is 31.4 Å². The van der Waals surface area contributed by atoms with Gasteiger partial charge in [-0.1, -0.05) is 25.1 Å². The monoisotopic (exact) mass is 321 g/mol. The normalized spacial score (nSPS) is 10.7. The van der Waals surface area contributed by atoms with Crippen LogP contribution in [0.2, 0.25) is 0 Å². The molecule has 0 spiro atoms. The highest BCUT2D eigenvalue weighted by molar-refractivity contribution is 7.12. The van der Waals surface area contributed by atoms with Gasteiger partial charge in [0.2, 0.25) is 5.91 Å². The van der Waals surface area contributed by atoms with E-state index in [9.17, 15) is 9.59 Å². The minimum atomic E-state index is -0.153. The van der Waals surface area contributed by atoms with Gasteiger partial charge in [0, 0.05) is 19.0 Å². The number of nitrogens with zero attached hydrogens (tertiary/aromatic N) is 1. The third-order valence-corrected chi connectivity index (χ3v) is 3.88. The quantitative estimate of drug-likeness (QED) is 0.819. The van der Waals surface area contributed by atoms with Crippen LogP contribution in [0.4, 0.5) is 0 Å². The first kappa shape index (κ1) is 16.2. The number of hydrogen-bond donors (Lipinski definition) is 2. The molecule has 0 aliphatic carbocycles. The number of carbonyl (C=O) groups is 2. The van der Waals surface area contributed by atoms with Crippen molar-refractivity contribution >= 4 is 23.2 Å². The van der Waals surface area contributed by atoms with E-state index in [4.69, 9.17) is 4.52 Å². The van der Waals surface area contributed by atoms with Gasteiger partial charge in [-0.15, -0.1) is 11.3 Å². The molecule has 2 aromatic rings. The summed E-state index contributed by atoms with van der Waals surface area (Å²) in [4.78, 5) is 24.0. The van der Waals surface area contributed by atoms with Crippen molar-refractivity contribution in [1.82, 2.24) is 15.8 Å². The van der Waals surface area contributed by atoms with E-state index in [1.54, 1.807) is 6.07 Å². The fourth-order valence-electron chi connectivity index (χ4n) is 1.74. The first-order valence-corrected chi connectivity index (χ1v) is 7.98. The van der Waals surface area contributed by atoms with Crippen LogP contribution in [0.1, 0.15) is 47.3 Å². The second-order valence-electron chi connectivity index (χ2n) is 5.13. The van der Waals surface area contributed by atoms with E-state index in [0.717, 1.165) is 5.69 Å². The lowest BCUT2D eigenvalue weighted by Gasteiger charge is -2.04. The molecule has 118 valence electrons. The zero-order chi connectivity index (χ0) is 15.9. The second-order valence-corrected chi connectivity index (χ2v) is 6.08. The lowest BCUT2D eigenvalue weighted by atomic mass is 10.1. The highest BCUT2D eigenvalue weighted by atomic mass is 32.1. The van der Waals surface area contributed by atoms with Crippen LogP contribution in [0.15, 0.2) is 28.1 Å². The van der Waals surface area contributed by atoms with Crippen molar-refractivity contribution in [2.75, 3.05) is 6.54 Å². The largest absolute Gasteiger partial charge is 0.359 e. The molecule has 2 amide bonds. The van der Waals surface area contributed by atoms with Gasteiger partial charge in [-0.05, 0) is 17.4 Å². The Kier molecular flexibility index (Phi) is 5.71. The number of thiophene rings is 1. The number of amides is 2. The zero-order valence-electron chi connectivity index (χ0n) is 12.6. The molecule has 0 atom stereocenters. The zero-order valence-corrected chi connectivity index (χ0v) is 13.4. The Balaban J connectivity index is 1.66. The van der Waals surface area contributed by atoms with Crippen LogP contribution in [0.3, 0.4) is 0 Å². The molecule has 2 aromatic heterocycles. The van der Waals surface area contributed by atoms with Gasteiger partial charge in [0.05, 0.1) is 17.1 Å². The van der Waals surface area contributed by atoms with Crippen LogP contribution in [0, 0.1) is 0 Å². The summed E-state index contributed by atoms with van der Waals surface area (Å²) in [6, 6.07) is 5.40. The number of rotatable bonds is 7. The molecular formula is C15H19N3O3S. The molecule has 0 saturated carbocycles. The van der Waals surface area contributed by atoms with Gasteiger partial charge in [0.25, 0.3) is 5.91 Å². The van der Waals surface area contributed by atoms with Gasteiger partial charge in [-0.2, -0.15) is 0 Å². The summed E-state index contributed by atoms with van der Waals surface area (Å²) >= 11 is 1.37.